The minimum Gasteiger partial charge on any atom is -0.492 e. The second-order valence-electron chi connectivity index (χ2n) is 4.63. The van der Waals surface area contributed by atoms with Gasteiger partial charge in [0.15, 0.2) is 0 Å². The molecule has 0 spiro atoms. The van der Waals surface area contributed by atoms with E-state index in [0.717, 1.165) is 5.75 Å². The fraction of sp³-hybridized carbons (Fsp3) is 0.235. The molecule has 2 rings (SSSR count). The van der Waals surface area contributed by atoms with Gasteiger partial charge in [-0.25, -0.2) is 4.39 Å². The van der Waals surface area contributed by atoms with Crippen LogP contribution in [-0.2, 0) is 10.5 Å². The molecular weight excluding hydrogens is 301 g/mol. The molecular formula is C17H18FNO2S. The third-order valence-corrected chi connectivity index (χ3v) is 3.86. The summed E-state index contributed by atoms with van der Waals surface area (Å²) in [5.41, 5.74) is 1.21. The zero-order chi connectivity index (χ0) is 15.6. The molecule has 0 aliphatic heterocycles. The first-order chi connectivity index (χ1) is 10.7. The van der Waals surface area contributed by atoms with Crippen LogP contribution in [-0.4, -0.2) is 24.8 Å². The highest BCUT2D eigenvalue weighted by Gasteiger charge is 2.02. The second-order valence-corrected chi connectivity index (χ2v) is 5.62. The number of amides is 1. The van der Waals surface area contributed by atoms with Gasteiger partial charge in [0.05, 0.1) is 12.3 Å². The Morgan fingerprint density at radius 1 is 1.09 bits per heavy atom. The van der Waals surface area contributed by atoms with Crippen molar-refractivity contribution in [2.75, 3.05) is 18.9 Å². The molecule has 0 radical (unpaired) electrons. The summed E-state index contributed by atoms with van der Waals surface area (Å²) in [7, 11) is 0. The van der Waals surface area contributed by atoms with E-state index in [4.69, 9.17) is 4.74 Å². The number of thioether (sulfide) groups is 1. The molecule has 0 bridgehead atoms. The van der Waals surface area contributed by atoms with E-state index in [0.29, 0.717) is 24.7 Å². The molecule has 0 saturated heterocycles. The number of halogens is 1. The standard InChI is InChI=1S/C17H18FNO2S/c18-15-6-8-16(9-7-15)21-11-10-19-17(20)13-22-12-14-4-2-1-3-5-14/h1-9H,10-13H2,(H,19,20). The molecule has 116 valence electrons. The fourth-order valence-electron chi connectivity index (χ4n) is 1.78. The van der Waals surface area contributed by atoms with Crippen LogP contribution < -0.4 is 10.1 Å². The predicted molar refractivity (Wildman–Crippen MR) is 87.5 cm³/mol. The third-order valence-electron chi connectivity index (χ3n) is 2.85. The lowest BCUT2D eigenvalue weighted by Crippen LogP contribution is -2.29. The number of carbonyl (C=O) groups is 1. The minimum atomic E-state index is -0.295. The van der Waals surface area contributed by atoms with Crippen molar-refractivity contribution in [1.82, 2.24) is 5.32 Å². The number of rotatable bonds is 8. The zero-order valence-corrected chi connectivity index (χ0v) is 12.9. The maximum Gasteiger partial charge on any atom is 0.230 e. The summed E-state index contributed by atoms with van der Waals surface area (Å²) in [6, 6.07) is 15.8. The van der Waals surface area contributed by atoms with Crippen molar-refractivity contribution in [3.05, 3.63) is 66.0 Å². The largest absolute Gasteiger partial charge is 0.492 e. The van der Waals surface area contributed by atoms with Gasteiger partial charge in [0, 0.05) is 5.75 Å². The highest BCUT2D eigenvalue weighted by molar-refractivity contribution is 7.99. The Bertz CT molecular complexity index is 575. The smallest absolute Gasteiger partial charge is 0.230 e. The number of hydrogen-bond donors (Lipinski definition) is 1. The number of hydrogen-bond acceptors (Lipinski definition) is 3. The average molecular weight is 319 g/mol. The van der Waals surface area contributed by atoms with Crippen LogP contribution in [0.2, 0.25) is 0 Å². The monoisotopic (exact) mass is 319 g/mol. The summed E-state index contributed by atoms with van der Waals surface area (Å²) in [6.45, 7) is 0.794. The first kappa shape index (κ1) is 16.4. The molecule has 22 heavy (non-hydrogen) atoms. The van der Waals surface area contributed by atoms with E-state index in [-0.39, 0.29) is 11.7 Å². The first-order valence-corrected chi connectivity index (χ1v) is 8.16. The molecule has 0 unspecified atom stereocenters. The molecule has 0 aliphatic carbocycles. The van der Waals surface area contributed by atoms with Crippen molar-refractivity contribution in [1.29, 1.82) is 0 Å². The Morgan fingerprint density at radius 2 is 1.82 bits per heavy atom. The van der Waals surface area contributed by atoms with Crippen LogP contribution in [0.15, 0.2) is 54.6 Å². The van der Waals surface area contributed by atoms with E-state index < -0.39 is 0 Å². The Hall–Kier alpha value is -2.01. The summed E-state index contributed by atoms with van der Waals surface area (Å²) in [5, 5.41) is 2.79. The zero-order valence-electron chi connectivity index (χ0n) is 12.1. The SMILES string of the molecule is O=C(CSCc1ccccc1)NCCOc1ccc(F)cc1. The van der Waals surface area contributed by atoms with Gasteiger partial charge in [-0.2, -0.15) is 0 Å². The van der Waals surface area contributed by atoms with E-state index in [1.165, 1.54) is 17.7 Å². The minimum absolute atomic E-state index is 0.0105. The van der Waals surface area contributed by atoms with Crippen molar-refractivity contribution in [2.24, 2.45) is 0 Å². The van der Waals surface area contributed by atoms with E-state index in [1.807, 2.05) is 30.3 Å². The number of nitrogens with one attached hydrogen (secondary N) is 1. The lowest BCUT2D eigenvalue weighted by molar-refractivity contribution is -0.118. The second kappa shape index (κ2) is 9.10. The summed E-state index contributed by atoms with van der Waals surface area (Å²) in [5.74, 6) is 1.53. The quantitative estimate of drug-likeness (QED) is 0.759. The molecule has 0 heterocycles. The van der Waals surface area contributed by atoms with Gasteiger partial charge >= 0.3 is 0 Å². The Kier molecular flexibility index (Phi) is 6.77. The van der Waals surface area contributed by atoms with Crippen molar-refractivity contribution in [2.45, 2.75) is 5.75 Å². The van der Waals surface area contributed by atoms with Crippen LogP contribution in [0.1, 0.15) is 5.56 Å². The van der Waals surface area contributed by atoms with Crippen LogP contribution in [0, 0.1) is 5.82 Å². The lowest BCUT2D eigenvalue weighted by atomic mass is 10.2. The molecule has 0 saturated carbocycles. The molecule has 0 fully saturated rings. The maximum atomic E-state index is 12.7. The van der Waals surface area contributed by atoms with Crippen molar-refractivity contribution in [3.8, 4) is 5.75 Å². The molecule has 3 nitrogen and oxygen atoms in total. The Balaban J connectivity index is 1.55. The van der Waals surface area contributed by atoms with Crippen LogP contribution in [0.3, 0.4) is 0 Å². The molecule has 2 aromatic rings. The first-order valence-electron chi connectivity index (χ1n) is 7.01. The van der Waals surface area contributed by atoms with Gasteiger partial charge in [0.25, 0.3) is 0 Å². The predicted octanol–water partition coefficient (Wildman–Crippen LogP) is 3.25. The summed E-state index contributed by atoms with van der Waals surface area (Å²) in [4.78, 5) is 11.7. The van der Waals surface area contributed by atoms with E-state index >= 15 is 0 Å². The highest BCUT2D eigenvalue weighted by atomic mass is 32.2. The van der Waals surface area contributed by atoms with Gasteiger partial charge in [-0.3, -0.25) is 4.79 Å². The maximum absolute atomic E-state index is 12.7. The van der Waals surface area contributed by atoms with Gasteiger partial charge in [0.1, 0.15) is 18.2 Å². The van der Waals surface area contributed by atoms with Crippen LogP contribution in [0.4, 0.5) is 4.39 Å². The molecule has 1 N–H and O–H groups in total. The molecule has 0 aromatic heterocycles. The molecule has 1 amide bonds. The molecule has 2 aromatic carbocycles. The van der Waals surface area contributed by atoms with Crippen molar-refractivity contribution in [3.63, 3.8) is 0 Å². The van der Waals surface area contributed by atoms with Gasteiger partial charge in [-0.1, -0.05) is 30.3 Å². The lowest BCUT2D eigenvalue weighted by Gasteiger charge is -2.07. The van der Waals surface area contributed by atoms with E-state index in [2.05, 4.69) is 5.32 Å². The van der Waals surface area contributed by atoms with Gasteiger partial charge < -0.3 is 10.1 Å². The molecule has 5 heteroatoms. The normalized spacial score (nSPS) is 10.2. The van der Waals surface area contributed by atoms with E-state index in [9.17, 15) is 9.18 Å². The number of ether oxygens (including phenoxy) is 1. The van der Waals surface area contributed by atoms with Gasteiger partial charge in [-0.05, 0) is 29.8 Å². The van der Waals surface area contributed by atoms with E-state index in [1.54, 1.807) is 23.9 Å². The Morgan fingerprint density at radius 3 is 2.55 bits per heavy atom. The summed E-state index contributed by atoms with van der Waals surface area (Å²) in [6.07, 6.45) is 0. The third kappa shape index (κ3) is 6.18. The highest BCUT2D eigenvalue weighted by Crippen LogP contribution is 2.11. The van der Waals surface area contributed by atoms with Crippen molar-refractivity contribution >= 4 is 17.7 Å². The van der Waals surface area contributed by atoms with Crippen molar-refractivity contribution < 1.29 is 13.9 Å². The van der Waals surface area contributed by atoms with Gasteiger partial charge in [0.2, 0.25) is 5.91 Å². The van der Waals surface area contributed by atoms with Crippen LogP contribution in [0.5, 0.6) is 5.75 Å². The molecule has 0 atom stereocenters. The number of carbonyl (C=O) groups excluding carboxylic acids is 1. The number of benzene rings is 2. The topological polar surface area (TPSA) is 38.3 Å². The summed E-state index contributed by atoms with van der Waals surface area (Å²) < 4.78 is 18.1. The Labute approximate surface area is 133 Å². The van der Waals surface area contributed by atoms with Gasteiger partial charge in [-0.15, -0.1) is 11.8 Å². The van der Waals surface area contributed by atoms with Crippen LogP contribution in [0.25, 0.3) is 0 Å². The fourth-order valence-corrected chi connectivity index (χ4v) is 2.59. The van der Waals surface area contributed by atoms with Crippen LogP contribution >= 0.6 is 11.8 Å². The molecule has 0 aliphatic rings. The average Bonchev–Trinajstić information content (AvgIpc) is 2.54. The summed E-state index contributed by atoms with van der Waals surface area (Å²) >= 11 is 1.58.